The van der Waals surface area contributed by atoms with Crippen LogP contribution in [-0.4, -0.2) is 6.54 Å². The van der Waals surface area contributed by atoms with Crippen molar-refractivity contribution in [3.05, 3.63) is 59.0 Å². The van der Waals surface area contributed by atoms with Crippen LogP contribution < -0.4 is 10.1 Å². The Morgan fingerprint density at radius 2 is 2.11 bits per heavy atom. The number of allylic oxidation sites excluding steroid dienone is 3. The van der Waals surface area contributed by atoms with Gasteiger partial charge in [-0.25, -0.2) is 0 Å². The minimum Gasteiger partial charge on any atom is -0.456 e. The number of ether oxygens (including phenoxy) is 1. The number of fused-ring (bicyclic) bond motifs is 3. The van der Waals surface area contributed by atoms with E-state index in [1.54, 1.807) is 0 Å². The molecule has 2 heterocycles. The summed E-state index contributed by atoms with van der Waals surface area (Å²) in [7, 11) is 0. The van der Waals surface area contributed by atoms with Crippen LogP contribution in [0.25, 0.3) is 6.08 Å². The van der Waals surface area contributed by atoms with Crippen molar-refractivity contribution in [1.82, 2.24) is 5.32 Å². The van der Waals surface area contributed by atoms with Crippen LogP contribution in [0.2, 0.25) is 0 Å². The molecule has 0 spiro atoms. The van der Waals surface area contributed by atoms with Crippen LogP contribution in [0, 0.1) is 5.92 Å². The Kier molecular flexibility index (Phi) is 2.10. The smallest absolute Gasteiger partial charge is 0.134 e. The molecule has 0 saturated carbocycles. The summed E-state index contributed by atoms with van der Waals surface area (Å²) in [6.45, 7) is 1.09. The van der Waals surface area contributed by atoms with Crippen LogP contribution in [0.3, 0.4) is 0 Å². The minimum absolute atomic E-state index is 0.665. The van der Waals surface area contributed by atoms with Gasteiger partial charge in [-0.3, -0.25) is 0 Å². The first-order valence-electron chi connectivity index (χ1n) is 6.55. The van der Waals surface area contributed by atoms with E-state index < -0.39 is 0 Å². The lowest BCUT2D eigenvalue weighted by molar-refractivity contribution is 0.425. The van der Waals surface area contributed by atoms with Gasteiger partial charge in [0.25, 0.3) is 0 Å². The van der Waals surface area contributed by atoms with E-state index in [9.17, 15) is 0 Å². The van der Waals surface area contributed by atoms with E-state index in [0.717, 1.165) is 30.0 Å². The molecule has 1 aliphatic carbocycles. The Bertz CT molecular complexity index is 595. The molecular weight excluding hydrogens is 222 g/mol. The Morgan fingerprint density at radius 3 is 3.11 bits per heavy atom. The lowest BCUT2D eigenvalue weighted by Crippen LogP contribution is -2.16. The molecule has 2 nitrogen and oxygen atoms in total. The zero-order valence-corrected chi connectivity index (χ0v) is 10.1. The molecule has 90 valence electrons. The van der Waals surface area contributed by atoms with Crippen molar-refractivity contribution in [2.24, 2.45) is 5.92 Å². The van der Waals surface area contributed by atoms with E-state index in [1.807, 2.05) is 18.2 Å². The van der Waals surface area contributed by atoms with Gasteiger partial charge in [-0.2, -0.15) is 0 Å². The summed E-state index contributed by atoms with van der Waals surface area (Å²) >= 11 is 0. The van der Waals surface area contributed by atoms with Gasteiger partial charge in [0.05, 0.1) is 0 Å². The zero-order chi connectivity index (χ0) is 11.9. The van der Waals surface area contributed by atoms with Crippen molar-refractivity contribution < 1.29 is 4.74 Å². The molecule has 1 aromatic carbocycles. The second kappa shape index (κ2) is 3.77. The summed E-state index contributed by atoms with van der Waals surface area (Å²) < 4.78 is 6.07. The largest absolute Gasteiger partial charge is 0.456 e. The van der Waals surface area contributed by atoms with Gasteiger partial charge in [-0.1, -0.05) is 24.3 Å². The minimum atomic E-state index is 0.665. The highest BCUT2D eigenvalue weighted by Crippen LogP contribution is 2.38. The standard InChI is InChI=1S/C16H15NO/c1-2-4-14-11(3-1)5-7-13-15(18-14)8-6-12-9-10-17-16(12)13/h1-5,7-8,12,17H,6,9-10H2. The average Bonchev–Trinajstić information content (AvgIpc) is 2.79. The molecule has 18 heavy (non-hydrogen) atoms. The van der Waals surface area contributed by atoms with Crippen molar-refractivity contribution in [3.8, 4) is 5.75 Å². The molecule has 4 rings (SSSR count). The maximum Gasteiger partial charge on any atom is 0.134 e. The van der Waals surface area contributed by atoms with Crippen molar-refractivity contribution in [2.45, 2.75) is 12.8 Å². The van der Waals surface area contributed by atoms with Gasteiger partial charge in [0.15, 0.2) is 0 Å². The van der Waals surface area contributed by atoms with Crippen LogP contribution in [0.15, 0.2) is 53.4 Å². The van der Waals surface area contributed by atoms with Gasteiger partial charge in [0.2, 0.25) is 0 Å². The maximum atomic E-state index is 6.07. The van der Waals surface area contributed by atoms with Crippen LogP contribution in [-0.2, 0) is 0 Å². The van der Waals surface area contributed by atoms with E-state index in [-0.39, 0.29) is 0 Å². The number of hydrogen-bond donors (Lipinski definition) is 1. The highest BCUT2D eigenvalue weighted by atomic mass is 16.5. The Labute approximate surface area is 107 Å². The fraction of sp³-hybridized carbons (Fsp3) is 0.250. The van der Waals surface area contributed by atoms with Gasteiger partial charge < -0.3 is 10.1 Å². The van der Waals surface area contributed by atoms with Crippen molar-refractivity contribution >= 4 is 6.08 Å². The number of para-hydroxylation sites is 1. The molecule has 1 atom stereocenters. The molecule has 0 aromatic heterocycles. The quantitative estimate of drug-likeness (QED) is 0.748. The first kappa shape index (κ1) is 10.0. The van der Waals surface area contributed by atoms with Gasteiger partial charge in [-0.15, -0.1) is 0 Å². The summed E-state index contributed by atoms with van der Waals surface area (Å²) in [5, 5.41) is 3.52. The number of rotatable bonds is 0. The highest BCUT2D eigenvalue weighted by Gasteiger charge is 2.29. The van der Waals surface area contributed by atoms with E-state index in [0.29, 0.717) is 5.92 Å². The molecule has 2 heteroatoms. The van der Waals surface area contributed by atoms with Gasteiger partial charge in [-0.05, 0) is 31.1 Å². The molecule has 0 radical (unpaired) electrons. The Hall–Kier alpha value is -1.96. The lowest BCUT2D eigenvalue weighted by atomic mass is 9.91. The third-order valence-corrected chi connectivity index (χ3v) is 3.93. The Morgan fingerprint density at radius 1 is 1.17 bits per heavy atom. The van der Waals surface area contributed by atoms with Crippen LogP contribution in [0.5, 0.6) is 5.75 Å². The molecule has 0 bridgehead atoms. The van der Waals surface area contributed by atoms with E-state index in [2.05, 4.69) is 29.6 Å². The number of benzene rings is 1. The van der Waals surface area contributed by atoms with E-state index in [4.69, 9.17) is 4.74 Å². The summed E-state index contributed by atoms with van der Waals surface area (Å²) in [6, 6.07) is 8.19. The topological polar surface area (TPSA) is 21.3 Å². The second-order valence-electron chi connectivity index (χ2n) is 5.02. The van der Waals surface area contributed by atoms with Crippen molar-refractivity contribution in [3.63, 3.8) is 0 Å². The second-order valence-corrected chi connectivity index (χ2v) is 5.02. The monoisotopic (exact) mass is 237 g/mol. The average molecular weight is 237 g/mol. The fourth-order valence-electron chi connectivity index (χ4n) is 2.98. The van der Waals surface area contributed by atoms with Crippen LogP contribution in [0.1, 0.15) is 18.4 Å². The highest BCUT2D eigenvalue weighted by molar-refractivity contribution is 5.65. The molecule has 3 aliphatic rings. The maximum absolute atomic E-state index is 6.07. The molecule has 1 aromatic rings. The molecule has 1 saturated heterocycles. The summed E-state index contributed by atoms with van der Waals surface area (Å²) in [6.07, 6.45) is 8.92. The molecular formula is C16H15NO. The van der Waals surface area contributed by atoms with Gasteiger partial charge >= 0.3 is 0 Å². The SMILES string of the molecule is C1=Cc2ccccc2OC2=CCC3CCNC3=C12. The van der Waals surface area contributed by atoms with Gasteiger partial charge in [0, 0.05) is 29.3 Å². The first-order valence-corrected chi connectivity index (χ1v) is 6.55. The third-order valence-electron chi connectivity index (χ3n) is 3.93. The first-order chi connectivity index (χ1) is 8.92. The molecule has 1 unspecified atom stereocenters. The van der Waals surface area contributed by atoms with E-state index in [1.165, 1.54) is 17.7 Å². The molecule has 1 N–H and O–H groups in total. The predicted molar refractivity (Wildman–Crippen MR) is 71.9 cm³/mol. The predicted octanol–water partition coefficient (Wildman–Crippen LogP) is 3.24. The molecule has 1 fully saturated rings. The fourth-order valence-corrected chi connectivity index (χ4v) is 2.98. The van der Waals surface area contributed by atoms with Crippen molar-refractivity contribution in [1.29, 1.82) is 0 Å². The van der Waals surface area contributed by atoms with Crippen molar-refractivity contribution in [2.75, 3.05) is 6.54 Å². The van der Waals surface area contributed by atoms with Gasteiger partial charge in [0.1, 0.15) is 11.5 Å². The summed E-state index contributed by atoms with van der Waals surface area (Å²) in [5.74, 6) is 2.63. The summed E-state index contributed by atoms with van der Waals surface area (Å²) in [5.41, 5.74) is 3.76. The van der Waals surface area contributed by atoms with Crippen LogP contribution >= 0.6 is 0 Å². The number of nitrogens with one attached hydrogen (secondary N) is 1. The molecule has 0 amide bonds. The summed E-state index contributed by atoms with van der Waals surface area (Å²) in [4.78, 5) is 0. The Balaban J connectivity index is 1.85. The van der Waals surface area contributed by atoms with E-state index >= 15 is 0 Å². The van der Waals surface area contributed by atoms with Crippen LogP contribution in [0.4, 0.5) is 0 Å². The zero-order valence-electron chi connectivity index (χ0n) is 10.1. The third kappa shape index (κ3) is 1.42. The molecule has 2 aliphatic heterocycles. The lowest BCUT2D eigenvalue weighted by Gasteiger charge is -2.21. The normalized spacial score (nSPS) is 24.2. The number of hydrogen-bond acceptors (Lipinski definition) is 2.